The lowest BCUT2D eigenvalue weighted by molar-refractivity contribution is 0.887. The molecule has 0 radical (unpaired) electrons. The second-order valence-electron chi connectivity index (χ2n) is 7.14. The van der Waals surface area contributed by atoms with Crippen LogP contribution in [0.25, 0.3) is 11.3 Å². The molecule has 2 heterocycles. The Morgan fingerprint density at radius 3 is 2.53 bits per heavy atom. The minimum absolute atomic E-state index is 0.455. The van der Waals surface area contributed by atoms with Crippen molar-refractivity contribution in [2.45, 2.75) is 19.4 Å². The predicted molar refractivity (Wildman–Crippen MR) is 131 cm³/mol. The molecule has 0 bridgehead atoms. The van der Waals surface area contributed by atoms with Gasteiger partial charge in [-0.25, -0.2) is 0 Å². The van der Waals surface area contributed by atoms with E-state index in [0.717, 1.165) is 29.9 Å². The van der Waals surface area contributed by atoms with Crippen LogP contribution in [-0.2, 0) is 6.54 Å². The SMILES string of the molecule is S=C(NCc1ccnc(-c2ccccc2)c1N1CCCC1)Nc1cccc(Cl)c1Cl. The average molecular weight is 457 g/mol. The van der Waals surface area contributed by atoms with Crippen LogP contribution in [0.5, 0.6) is 0 Å². The molecule has 0 amide bonds. The summed E-state index contributed by atoms with van der Waals surface area (Å²) in [5, 5.41) is 7.87. The highest BCUT2D eigenvalue weighted by atomic mass is 35.5. The van der Waals surface area contributed by atoms with E-state index in [4.69, 9.17) is 40.4 Å². The van der Waals surface area contributed by atoms with Crippen molar-refractivity contribution >= 4 is 51.9 Å². The fourth-order valence-electron chi connectivity index (χ4n) is 3.68. The van der Waals surface area contributed by atoms with Crippen LogP contribution >= 0.6 is 35.4 Å². The number of hydrogen-bond donors (Lipinski definition) is 2. The van der Waals surface area contributed by atoms with E-state index >= 15 is 0 Å². The molecule has 0 unspecified atom stereocenters. The van der Waals surface area contributed by atoms with Gasteiger partial charge in [0.2, 0.25) is 0 Å². The highest BCUT2D eigenvalue weighted by molar-refractivity contribution is 7.80. The van der Waals surface area contributed by atoms with Gasteiger partial charge >= 0.3 is 0 Å². The normalized spacial score (nSPS) is 13.3. The molecule has 2 N–H and O–H groups in total. The van der Waals surface area contributed by atoms with Gasteiger partial charge in [0, 0.05) is 31.4 Å². The molecular formula is C23H22Cl2N4S. The molecule has 1 aromatic heterocycles. The Morgan fingerprint density at radius 1 is 1.00 bits per heavy atom. The minimum Gasteiger partial charge on any atom is -0.369 e. The Kier molecular flexibility index (Phi) is 6.72. The number of pyridine rings is 1. The van der Waals surface area contributed by atoms with Crippen molar-refractivity contribution in [1.29, 1.82) is 0 Å². The molecule has 7 heteroatoms. The van der Waals surface area contributed by atoms with Crippen molar-refractivity contribution < 1.29 is 0 Å². The third-order valence-electron chi connectivity index (χ3n) is 5.12. The summed E-state index contributed by atoms with van der Waals surface area (Å²) in [6, 6.07) is 17.8. The van der Waals surface area contributed by atoms with Crippen molar-refractivity contribution in [2.24, 2.45) is 0 Å². The van der Waals surface area contributed by atoms with Crippen molar-refractivity contribution in [3.8, 4) is 11.3 Å². The number of nitrogens with zero attached hydrogens (tertiary/aromatic N) is 2. The summed E-state index contributed by atoms with van der Waals surface area (Å²) in [6.45, 7) is 2.66. The maximum absolute atomic E-state index is 6.26. The molecule has 0 spiro atoms. The number of thiocarbonyl (C=S) groups is 1. The van der Waals surface area contributed by atoms with Gasteiger partial charge in [0.05, 0.1) is 27.1 Å². The molecule has 3 aromatic rings. The maximum atomic E-state index is 6.26. The van der Waals surface area contributed by atoms with E-state index in [9.17, 15) is 0 Å². The summed E-state index contributed by atoms with van der Waals surface area (Å²) in [5.74, 6) is 0. The van der Waals surface area contributed by atoms with Gasteiger partial charge in [-0.15, -0.1) is 0 Å². The molecule has 4 nitrogen and oxygen atoms in total. The summed E-state index contributed by atoms with van der Waals surface area (Å²) >= 11 is 17.8. The number of benzene rings is 2. The Labute approximate surface area is 192 Å². The Morgan fingerprint density at radius 2 is 1.77 bits per heavy atom. The Bertz CT molecular complexity index is 1040. The molecule has 1 saturated heterocycles. The third kappa shape index (κ3) is 4.69. The van der Waals surface area contributed by atoms with E-state index < -0.39 is 0 Å². The lowest BCUT2D eigenvalue weighted by Crippen LogP contribution is -2.29. The molecule has 4 rings (SSSR count). The first-order valence-corrected chi connectivity index (χ1v) is 11.1. The molecule has 0 atom stereocenters. The zero-order valence-electron chi connectivity index (χ0n) is 16.4. The van der Waals surface area contributed by atoms with Crippen LogP contribution in [0, 0.1) is 0 Å². The summed E-state index contributed by atoms with van der Waals surface area (Å²) in [4.78, 5) is 7.15. The van der Waals surface area contributed by atoms with E-state index in [1.807, 2.05) is 36.5 Å². The quantitative estimate of drug-likeness (QED) is 0.451. The first-order valence-electron chi connectivity index (χ1n) is 9.90. The molecule has 0 saturated carbocycles. The monoisotopic (exact) mass is 456 g/mol. The fourth-order valence-corrected chi connectivity index (χ4v) is 4.21. The number of hydrogen-bond acceptors (Lipinski definition) is 3. The number of nitrogens with one attached hydrogen (secondary N) is 2. The molecule has 1 aliphatic rings. The lowest BCUT2D eigenvalue weighted by Gasteiger charge is -2.25. The van der Waals surface area contributed by atoms with Crippen LogP contribution in [0.15, 0.2) is 60.8 Å². The van der Waals surface area contributed by atoms with Gasteiger partial charge in [0.1, 0.15) is 0 Å². The van der Waals surface area contributed by atoms with Crippen LogP contribution in [0.1, 0.15) is 18.4 Å². The average Bonchev–Trinajstić information content (AvgIpc) is 3.30. The largest absolute Gasteiger partial charge is 0.369 e. The summed E-state index contributed by atoms with van der Waals surface area (Å²) in [5.41, 5.74) is 5.15. The van der Waals surface area contributed by atoms with E-state index in [2.05, 4.69) is 33.7 Å². The minimum atomic E-state index is 0.455. The highest BCUT2D eigenvalue weighted by Crippen LogP contribution is 2.34. The molecule has 2 aromatic carbocycles. The van der Waals surface area contributed by atoms with Crippen molar-refractivity contribution in [3.63, 3.8) is 0 Å². The first kappa shape index (κ1) is 20.9. The number of halogens is 2. The third-order valence-corrected chi connectivity index (χ3v) is 6.18. The molecule has 154 valence electrons. The summed E-state index contributed by atoms with van der Waals surface area (Å²) in [6.07, 6.45) is 4.26. The highest BCUT2D eigenvalue weighted by Gasteiger charge is 2.21. The predicted octanol–water partition coefficient (Wildman–Crippen LogP) is 6.14. The van der Waals surface area contributed by atoms with Crippen molar-refractivity contribution in [3.05, 3.63) is 76.4 Å². The van der Waals surface area contributed by atoms with Gasteiger partial charge < -0.3 is 15.5 Å². The zero-order chi connectivity index (χ0) is 20.9. The van der Waals surface area contributed by atoms with Crippen LogP contribution in [0.4, 0.5) is 11.4 Å². The van der Waals surface area contributed by atoms with Crippen LogP contribution < -0.4 is 15.5 Å². The summed E-state index contributed by atoms with van der Waals surface area (Å²) in [7, 11) is 0. The van der Waals surface area contributed by atoms with E-state index in [-0.39, 0.29) is 0 Å². The van der Waals surface area contributed by atoms with Crippen LogP contribution in [0.3, 0.4) is 0 Å². The van der Waals surface area contributed by atoms with Gasteiger partial charge in [0.25, 0.3) is 0 Å². The van der Waals surface area contributed by atoms with E-state index in [1.165, 1.54) is 18.5 Å². The van der Waals surface area contributed by atoms with Gasteiger partial charge in [-0.1, -0.05) is 59.6 Å². The standard InChI is InChI=1S/C23H22Cl2N4S/c24-18-9-6-10-19(20(18)25)28-23(30)27-15-17-11-12-26-21(16-7-2-1-3-8-16)22(17)29-13-4-5-14-29/h1-3,6-12H,4-5,13-15H2,(H2,27,28,30). The second-order valence-corrected chi connectivity index (χ2v) is 8.33. The van der Waals surface area contributed by atoms with Gasteiger partial charge in [-0.05, 0) is 48.8 Å². The van der Waals surface area contributed by atoms with Gasteiger partial charge in [0.15, 0.2) is 5.11 Å². The van der Waals surface area contributed by atoms with E-state index in [0.29, 0.717) is 27.4 Å². The lowest BCUT2D eigenvalue weighted by atomic mass is 10.0. The topological polar surface area (TPSA) is 40.2 Å². The number of rotatable bonds is 5. The van der Waals surface area contributed by atoms with Crippen molar-refractivity contribution in [2.75, 3.05) is 23.3 Å². The molecule has 1 aliphatic heterocycles. The Hall–Kier alpha value is -2.34. The van der Waals surface area contributed by atoms with Gasteiger partial charge in [-0.3, -0.25) is 4.98 Å². The van der Waals surface area contributed by atoms with Crippen LogP contribution in [-0.4, -0.2) is 23.2 Å². The number of anilines is 2. The molecule has 0 aliphatic carbocycles. The van der Waals surface area contributed by atoms with Gasteiger partial charge in [-0.2, -0.15) is 0 Å². The summed E-state index contributed by atoms with van der Waals surface area (Å²) < 4.78 is 0. The maximum Gasteiger partial charge on any atom is 0.171 e. The Balaban J connectivity index is 1.56. The molecule has 30 heavy (non-hydrogen) atoms. The fraction of sp³-hybridized carbons (Fsp3) is 0.217. The molecule has 1 fully saturated rings. The zero-order valence-corrected chi connectivity index (χ0v) is 18.7. The van der Waals surface area contributed by atoms with Crippen molar-refractivity contribution in [1.82, 2.24) is 10.3 Å². The number of aromatic nitrogens is 1. The van der Waals surface area contributed by atoms with Crippen LogP contribution in [0.2, 0.25) is 10.0 Å². The first-order chi connectivity index (χ1) is 14.6. The van der Waals surface area contributed by atoms with E-state index in [1.54, 1.807) is 6.07 Å². The second kappa shape index (κ2) is 9.65. The molecular weight excluding hydrogens is 435 g/mol. The smallest absolute Gasteiger partial charge is 0.171 e.